The molecule has 9 heteroatoms. The summed E-state index contributed by atoms with van der Waals surface area (Å²) in [5.74, 6) is 0.774. The SMILES string of the molecule is COc1ccc(OC)c(-n2c(O)c([C@H]3NCCc4c3[nH]c3ccccc43)c(=O)[nH]c2=S)c1. The number of methoxy groups -OCH3 is 2. The zero-order chi connectivity index (χ0) is 22.4. The predicted molar refractivity (Wildman–Crippen MR) is 124 cm³/mol. The summed E-state index contributed by atoms with van der Waals surface area (Å²) in [4.78, 5) is 19.2. The number of aromatic hydroxyl groups is 1. The van der Waals surface area contributed by atoms with Crippen molar-refractivity contribution in [3.63, 3.8) is 0 Å². The number of H-pyrrole nitrogens is 2. The number of aromatic nitrogens is 3. The molecule has 0 fully saturated rings. The second-order valence-corrected chi connectivity index (χ2v) is 7.96. The number of ether oxygens (including phenoxy) is 2. The van der Waals surface area contributed by atoms with E-state index in [1.54, 1.807) is 25.3 Å². The van der Waals surface area contributed by atoms with E-state index in [9.17, 15) is 9.90 Å². The van der Waals surface area contributed by atoms with Crippen molar-refractivity contribution in [3.8, 4) is 23.1 Å². The summed E-state index contributed by atoms with van der Waals surface area (Å²) in [6.45, 7) is 0.663. The largest absolute Gasteiger partial charge is 0.497 e. The molecule has 5 rings (SSSR count). The highest BCUT2D eigenvalue weighted by Gasteiger charge is 2.31. The molecule has 32 heavy (non-hydrogen) atoms. The van der Waals surface area contributed by atoms with Gasteiger partial charge in [0.1, 0.15) is 17.1 Å². The van der Waals surface area contributed by atoms with Crippen LogP contribution in [0.25, 0.3) is 16.6 Å². The van der Waals surface area contributed by atoms with Crippen molar-refractivity contribution < 1.29 is 14.6 Å². The standard InChI is InChI=1S/C23H22N4O4S/c1-30-12-7-8-17(31-2)16(11-12)27-22(29)18(21(28)26-23(27)32)20-19-14(9-10-24-20)13-5-3-4-6-15(13)25-19/h3-8,11,20,24-25,29H,9-10H2,1-2H3,(H,26,28,32)/t20-/m1/s1. The third-order valence-electron chi connectivity index (χ3n) is 5.90. The van der Waals surface area contributed by atoms with E-state index >= 15 is 0 Å². The van der Waals surface area contributed by atoms with E-state index in [4.69, 9.17) is 21.7 Å². The number of benzene rings is 2. The predicted octanol–water partition coefficient (Wildman–Crippen LogP) is 3.33. The van der Waals surface area contributed by atoms with Crippen molar-refractivity contribution in [1.29, 1.82) is 0 Å². The maximum atomic E-state index is 13.0. The molecule has 0 saturated carbocycles. The molecule has 164 valence electrons. The number of fused-ring (bicyclic) bond motifs is 3. The molecule has 4 N–H and O–H groups in total. The van der Waals surface area contributed by atoms with Gasteiger partial charge < -0.3 is 24.9 Å². The van der Waals surface area contributed by atoms with Gasteiger partial charge in [0, 0.05) is 29.2 Å². The number of hydrogen-bond donors (Lipinski definition) is 4. The van der Waals surface area contributed by atoms with Gasteiger partial charge in [-0.25, -0.2) is 0 Å². The molecule has 0 saturated heterocycles. The second-order valence-electron chi connectivity index (χ2n) is 7.57. The highest BCUT2D eigenvalue weighted by atomic mass is 32.1. The van der Waals surface area contributed by atoms with Gasteiger partial charge >= 0.3 is 0 Å². The summed E-state index contributed by atoms with van der Waals surface area (Å²) < 4.78 is 12.3. The topological polar surface area (TPSA) is 104 Å². The zero-order valence-electron chi connectivity index (χ0n) is 17.6. The first-order valence-corrected chi connectivity index (χ1v) is 10.6. The van der Waals surface area contributed by atoms with Crippen LogP contribution in [0, 0.1) is 4.77 Å². The van der Waals surface area contributed by atoms with Crippen LogP contribution in [0.3, 0.4) is 0 Å². The van der Waals surface area contributed by atoms with Crippen molar-refractivity contribution in [2.24, 2.45) is 0 Å². The highest BCUT2D eigenvalue weighted by molar-refractivity contribution is 7.71. The van der Waals surface area contributed by atoms with Crippen molar-refractivity contribution in [3.05, 3.63) is 74.4 Å². The smallest absolute Gasteiger partial charge is 0.260 e. The molecule has 2 aromatic carbocycles. The fourth-order valence-corrected chi connectivity index (χ4v) is 4.70. The van der Waals surface area contributed by atoms with Gasteiger partial charge in [0.15, 0.2) is 4.77 Å². The Morgan fingerprint density at radius 2 is 1.94 bits per heavy atom. The molecule has 0 aliphatic carbocycles. The average Bonchev–Trinajstić information content (AvgIpc) is 3.18. The van der Waals surface area contributed by atoms with Crippen molar-refractivity contribution in [1.82, 2.24) is 19.9 Å². The maximum Gasteiger partial charge on any atom is 0.260 e. The molecular weight excluding hydrogens is 428 g/mol. The van der Waals surface area contributed by atoms with Crippen LogP contribution in [0.5, 0.6) is 17.4 Å². The zero-order valence-corrected chi connectivity index (χ0v) is 18.4. The Hall–Kier alpha value is -3.56. The molecule has 0 amide bonds. The van der Waals surface area contributed by atoms with Crippen LogP contribution in [0.1, 0.15) is 22.9 Å². The van der Waals surface area contributed by atoms with E-state index in [0.717, 1.165) is 28.6 Å². The first-order chi connectivity index (χ1) is 15.5. The third-order valence-corrected chi connectivity index (χ3v) is 6.18. The number of rotatable bonds is 4. The van der Waals surface area contributed by atoms with Gasteiger partial charge in [0.2, 0.25) is 5.88 Å². The average molecular weight is 451 g/mol. The Kier molecular flexibility index (Phi) is 4.99. The fraction of sp³-hybridized carbons (Fsp3) is 0.217. The molecule has 0 spiro atoms. The van der Waals surface area contributed by atoms with E-state index in [1.165, 1.54) is 11.7 Å². The lowest BCUT2D eigenvalue weighted by atomic mass is 9.95. The molecule has 1 aliphatic heterocycles. The summed E-state index contributed by atoms with van der Waals surface area (Å²) >= 11 is 5.41. The van der Waals surface area contributed by atoms with Crippen LogP contribution in [0.4, 0.5) is 0 Å². The van der Waals surface area contributed by atoms with Gasteiger partial charge in [-0.2, -0.15) is 0 Å². The Morgan fingerprint density at radius 3 is 2.72 bits per heavy atom. The van der Waals surface area contributed by atoms with E-state index in [2.05, 4.69) is 21.4 Å². The maximum absolute atomic E-state index is 13.0. The molecular formula is C23H22N4O4S. The van der Waals surface area contributed by atoms with Crippen molar-refractivity contribution in [2.45, 2.75) is 12.5 Å². The van der Waals surface area contributed by atoms with Crippen LogP contribution >= 0.6 is 12.2 Å². The molecule has 4 aromatic rings. The Bertz CT molecular complexity index is 1450. The summed E-state index contributed by atoms with van der Waals surface area (Å²) in [5.41, 5.74) is 3.17. The van der Waals surface area contributed by atoms with Crippen LogP contribution in [-0.4, -0.2) is 40.4 Å². The number of para-hydroxylation sites is 1. The van der Waals surface area contributed by atoms with Crippen LogP contribution in [0.2, 0.25) is 0 Å². The Morgan fingerprint density at radius 1 is 1.12 bits per heavy atom. The lowest BCUT2D eigenvalue weighted by Crippen LogP contribution is -2.35. The quantitative estimate of drug-likeness (QED) is 0.356. The summed E-state index contributed by atoms with van der Waals surface area (Å²) in [6.07, 6.45) is 0.817. The first-order valence-electron chi connectivity index (χ1n) is 10.2. The van der Waals surface area contributed by atoms with Crippen molar-refractivity contribution in [2.75, 3.05) is 20.8 Å². The molecule has 0 bridgehead atoms. The van der Waals surface area contributed by atoms with Crippen LogP contribution < -0.4 is 20.3 Å². The van der Waals surface area contributed by atoms with E-state index in [-0.39, 0.29) is 16.2 Å². The monoisotopic (exact) mass is 450 g/mol. The van der Waals surface area contributed by atoms with Gasteiger partial charge in [0.05, 0.1) is 25.9 Å². The highest BCUT2D eigenvalue weighted by Crippen LogP contribution is 2.37. The molecule has 0 unspecified atom stereocenters. The number of hydrogen-bond acceptors (Lipinski definition) is 6. The van der Waals surface area contributed by atoms with Gasteiger partial charge in [-0.15, -0.1) is 0 Å². The minimum absolute atomic E-state index is 0.0514. The summed E-state index contributed by atoms with van der Waals surface area (Å²) in [7, 11) is 3.07. The third kappa shape index (κ3) is 3.09. The van der Waals surface area contributed by atoms with Gasteiger partial charge in [-0.3, -0.25) is 14.3 Å². The Balaban J connectivity index is 1.76. The van der Waals surface area contributed by atoms with Gasteiger partial charge in [-0.1, -0.05) is 18.2 Å². The molecule has 3 heterocycles. The number of nitrogens with one attached hydrogen (secondary N) is 3. The van der Waals surface area contributed by atoms with Crippen molar-refractivity contribution >= 4 is 23.1 Å². The number of nitrogens with zero attached hydrogens (tertiary/aromatic N) is 1. The van der Waals surface area contributed by atoms with Gasteiger partial charge in [-0.05, 0) is 42.4 Å². The normalized spacial score (nSPS) is 15.5. The first kappa shape index (κ1) is 20.3. The molecule has 2 aromatic heterocycles. The van der Waals surface area contributed by atoms with E-state index in [1.807, 2.05) is 18.2 Å². The second kappa shape index (κ2) is 7.85. The van der Waals surface area contributed by atoms with Gasteiger partial charge in [0.25, 0.3) is 5.56 Å². The number of aromatic amines is 2. The fourth-order valence-electron chi connectivity index (χ4n) is 4.42. The Labute approximate surface area is 188 Å². The molecule has 8 nitrogen and oxygen atoms in total. The minimum Gasteiger partial charge on any atom is -0.497 e. The molecule has 0 radical (unpaired) electrons. The lowest BCUT2D eigenvalue weighted by Gasteiger charge is -2.26. The van der Waals surface area contributed by atoms with Crippen LogP contribution in [0.15, 0.2) is 47.3 Å². The molecule has 1 aliphatic rings. The summed E-state index contributed by atoms with van der Waals surface area (Å²) in [5, 5.41) is 15.9. The van der Waals surface area contributed by atoms with E-state index in [0.29, 0.717) is 23.7 Å². The van der Waals surface area contributed by atoms with Crippen LogP contribution in [-0.2, 0) is 6.42 Å². The van der Waals surface area contributed by atoms with E-state index < -0.39 is 11.6 Å². The molecule has 1 atom stereocenters. The lowest BCUT2D eigenvalue weighted by molar-refractivity contribution is 0.389. The minimum atomic E-state index is -0.534. The summed E-state index contributed by atoms with van der Waals surface area (Å²) in [6, 6.07) is 12.6.